The van der Waals surface area contributed by atoms with Crippen LogP contribution in [-0.4, -0.2) is 28.6 Å². The predicted molar refractivity (Wildman–Crippen MR) is 92.9 cm³/mol. The number of nitrogens with one attached hydrogen (secondary N) is 2. The molecule has 0 fully saturated rings. The Morgan fingerprint density at radius 3 is 2.58 bits per heavy atom. The molecule has 7 heteroatoms. The van der Waals surface area contributed by atoms with Crippen molar-refractivity contribution >= 4 is 23.2 Å². The molecule has 3 N–H and O–H groups in total. The van der Waals surface area contributed by atoms with E-state index >= 15 is 0 Å². The molecule has 1 aromatic carbocycles. The van der Waals surface area contributed by atoms with Gasteiger partial charge in [-0.3, -0.25) is 14.8 Å². The van der Waals surface area contributed by atoms with E-state index in [9.17, 15) is 9.59 Å². The lowest BCUT2D eigenvalue weighted by Gasteiger charge is -2.03. The van der Waals surface area contributed by atoms with Crippen molar-refractivity contribution < 1.29 is 14.8 Å². The maximum atomic E-state index is 12.1. The van der Waals surface area contributed by atoms with Crippen LogP contribution in [-0.2, 0) is 4.79 Å². The summed E-state index contributed by atoms with van der Waals surface area (Å²) in [5, 5.41) is 11.7. The third-order valence-corrected chi connectivity index (χ3v) is 4.54. The molecule has 2 rings (SSSR count). The van der Waals surface area contributed by atoms with E-state index < -0.39 is 0 Å². The van der Waals surface area contributed by atoms with Crippen LogP contribution in [0.2, 0.25) is 0 Å². The van der Waals surface area contributed by atoms with Crippen LogP contribution >= 0.6 is 11.3 Å². The van der Waals surface area contributed by atoms with E-state index in [-0.39, 0.29) is 11.8 Å². The number of thiazole rings is 1. The topological polar surface area (TPSA) is 91.3 Å². The normalized spacial score (nSPS) is 10.4. The number of carbonyl (C=O) groups is 2. The van der Waals surface area contributed by atoms with Crippen LogP contribution in [0.5, 0.6) is 0 Å². The Morgan fingerprint density at radius 1 is 1.08 bits per heavy atom. The summed E-state index contributed by atoms with van der Waals surface area (Å²) in [6.07, 6.45) is 5.44. The average Bonchev–Trinajstić information content (AvgIpc) is 3.11. The van der Waals surface area contributed by atoms with Crippen LogP contribution in [0.3, 0.4) is 0 Å². The Labute approximate surface area is 144 Å². The summed E-state index contributed by atoms with van der Waals surface area (Å²) in [7, 11) is 0. The molecular weight excluding hydrogens is 326 g/mol. The van der Waals surface area contributed by atoms with Crippen LogP contribution in [0.15, 0.2) is 36.5 Å². The number of nitrogens with zero attached hydrogens (tertiary/aromatic N) is 1. The van der Waals surface area contributed by atoms with Gasteiger partial charge in [0.2, 0.25) is 5.91 Å². The third kappa shape index (κ3) is 5.75. The second kappa shape index (κ2) is 9.79. The Morgan fingerprint density at radius 2 is 1.83 bits per heavy atom. The minimum absolute atomic E-state index is 0.151. The average molecular weight is 347 g/mol. The second-order valence-electron chi connectivity index (χ2n) is 5.35. The number of hydroxylamine groups is 1. The summed E-state index contributed by atoms with van der Waals surface area (Å²) in [6, 6.07) is 9.85. The van der Waals surface area contributed by atoms with E-state index in [4.69, 9.17) is 5.21 Å². The van der Waals surface area contributed by atoms with Crippen LogP contribution in [0.4, 0.5) is 0 Å². The SMILES string of the molecule is O=C(CCCCCCNC(=O)c1ncc(-c2ccccc2)s1)NO. The molecule has 0 aliphatic carbocycles. The van der Waals surface area contributed by atoms with Crippen LogP contribution in [0.25, 0.3) is 10.4 Å². The molecule has 24 heavy (non-hydrogen) atoms. The first-order valence-corrected chi connectivity index (χ1v) is 8.74. The highest BCUT2D eigenvalue weighted by Gasteiger charge is 2.11. The number of carbonyl (C=O) groups excluding carboxylic acids is 2. The van der Waals surface area contributed by atoms with Crippen molar-refractivity contribution in [2.45, 2.75) is 32.1 Å². The number of aromatic nitrogens is 1. The Balaban J connectivity index is 1.66. The standard InChI is InChI=1S/C17H21N3O3S/c21-15(20-23)10-6-1-2-7-11-18-16(22)17-19-12-14(24-17)13-8-4-3-5-9-13/h3-5,8-9,12,23H,1-2,6-7,10-11H2,(H,18,22)(H,20,21). The van der Waals surface area contributed by atoms with E-state index in [1.165, 1.54) is 11.3 Å². The fourth-order valence-electron chi connectivity index (χ4n) is 2.21. The van der Waals surface area contributed by atoms with Gasteiger partial charge in [-0.15, -0.1) is 11.3 Å². The fraction of sp³-hybridized carbons (Fsp3) is 0.353. The first-order chi connectivity index (χ1) is 11.7. The van der Waals surface area contributed by atoms with E-state index in [0.717, 1.165) is 36.1 Å². The van der Waals surface area contributed by atoms with E-state index in [1.807, 2.05) is 30.3 Å². The molecule has 1 heterocycles. The fourth-order valence-corrected chi connectivity index (χ4v) is 3.05. The summed E-state index contributed by atoms with van der Waals surface area (Å²) < 4.78 is 0. The smallest absolute Gasteiger partial charge is 0.280 e. The van der Waals surface area contributed by atoms with Crippen LogP contribution < -0.4 is 10.8 Å². The van der Waals surface area contributed by atoms with Crippen molar-refractivity contribution in [2.75, 3.05) is 6.54 Å². The van der Waals surface area contributed by atoms with Gasteiger partial charge in [-0.05, 0) is 18.4 Å². The maximum Gasteiger partial charge on any atom is 0.280 e. The van der Waals surface area contributed by atoms with Crippen molar-refractivity contribution in [3.8, 4) is 10.4 Å². The molecule has 0 radical (unpaired) electrons. The number of unbranched alkanes of at least 4 members (excludes halogenated alkanes) is 3. The highest BCUT2D eigenvalue weighted by Crippen LogP contribution is 2.25. The van der Waals surface area contributed by atoms with Crippen molar-refractivity contribution in [2.24, 2.45) is 0 Å². The quantitative estimate of drug-likeness (QED) is 0.369. The summed E-state index contributed by atoms with van der Waals surface area (Å²) in [5.74, 6) is -0.511. The molecule has 0 spiro atoms. The number of benzene rings is 1. The predicted octanol–water partition coefficient (Wildman–Crippen LogP) is 3.00. The first-order valence-electron chi connectivity index (χ1n) is 7.93. The van der Waals surface area contributed by atoms with Gasteiger partial charge in [0, 0.05) is 19.2 Å². The van der Waals surface area contributed by atoms with Gasteiger partial charge in [0.15, 0.2) is 5.01 Å². The molecule has 0 saturated heterocycles. The molecule has 6 nitrogen and oxygen atoms in total. The number of amides is 2. The first kappa shape index (κ1) is 18.1. The van der Waals surface area contributed by atoms with Crippen molar-refractivity contribution in [3.05, 3.63) is 41.5 Å². The molecule has 0 atom stereocenters. The van der Waals surface area contributed by atoms with Crippen LogP contribution in [0.1, 0.15) is 41.9 Å². The summed E-state index contributed by atoms with van der Waals surface area (Å²) in [6.45, 7) is 0.589. The van der Waals surface area contributed by atoms with E-state index in [2.05, 4.69) is 10.3 Å². The van der Waals surface area contributed by atoms with Gasteiger partial charge < -0.3 is 5.32 Å². The van der Waals surface area contributed by atoms with Crippen molar-refractivity contribution in [3.63, 3.8) is 0 Å². The second-order valence-corrected chi connectivity index (χ2v) is 6.38. The molecule has 2 aromatic rings. The van der Waals surface area contributed by atoms with E-state index in [0.29, 0.717) is 18.0 Å². The van der Waals surface area contributed by atoms with Gasteiger partial charge in [-0.1, -0.05) is 43.2 Å². The lowest BCUT2D eigenvalue weighted by molar-refractivity contribution is -0.129. The van der Waals surface area contributed by atoms with Gasteiger partial charge in [-0.25, -0.2) is 10.5 Å². The highest BCUT2D eigenvalue weighted by atomic mass is 32.1. The molecule has 0 saturated carbocycles. The lowest BCUT2D eigenvalue weighted by atomic mass is 10.1. The molecule has 0 aliphatic rings. The minimum atomic E-state index is -0.360. The lowest BCUT2D eigenvalue weighted by Crippen LogP contribution is -2.24. The molecule has 128 valence electrons. The van der Waals surface area contributed by atoms with Gasteiger partial charge in [-0.2, -0.15) is 0 Å². The Bertz CT molecular complexity index is 658. The van der Waals surface area contributed by atoms with Gasteiger partial charge in [0.1, 0.15) is 0 Å². The number of hydrogen-bond donors (Lipinski definition) is 3. The van der Waals surface area contributed by atoms with Crippen molar-refractivity contribution in [1.82, 2.24) is 15.8 Å². The van der Waals surface area contributed by atoms with Gasteiger partial charge in [0.25, 0.3) is 5.91 Å². The third-order valence-electron chi connectivity index (χ3n) is 3.50. The van der Waals surface area contributed by atoms with Crippen LogP contribution in [0, 0.1) is 0 Å². The summed E-state index contributed by atoms with van der Waals surface area (Å²) >= 11 is 1.38. The molecule has 2 amide bonds. The molecule has 0 aliphatic heterocycles. The van der Waals surface area contributed by atoms with Gasteiger partial charge in [0.05, 0.1) is 4.88 Å². The largest absolute Gasteiger partial charge is 0.350 e. The maximum absolute atomic E-state index is 12.1. The minimum Gasteiger partial charge on any atom is -0.350 e. The Kier molecular flexibility index (Phi) is 7.38. The summed E-state index contributed by atoms with van der Waals surface area (Å²) in [5.41, 5.74) is 2.67. The van der Waals surface area contributed by atoms with Crippen molar-refractivity contribution in [1.29, 1.82) is 0 Å². The highest BCUT2D eigenvalue weighted by molar-refractivity contribution is 7.16. The van der Waals surface area contributed by atoms with E-state index in [1.54, 1.807) is 11.7 Å². The van der Waals surface area contributed by atoms with Gasteiger partial charge >= 0.3 is 0 Å². The molecule has 0 unspecified atom stereocenters. The Hall–Kier alpha value is -2.25. The molecule has 0 bridgehead atoms. The zero-order valence-electron chi connectivity index (χ0n) is 13.3. The zero-order valence-corrected chi connectivity index (χ0v) is 14.1. The zero-order chi connectivity index (χ0) is 17.2. The summed E-state index contributed by atoms with van der Waals surface area (Å²) in [4.78, 5) is 28.1. The molecule has 1 aromatic heterocycles. The number of hydrogen-bond acceptors (Lipinski definition) is 5. The number of rotatable bonds is 9. The molecular formula is C17H21N3O3S. The monoisotopic (exact) mass is 347 g/mol.